The van der Waals surface area contributed by atoms with Crippen molar-refractivity contribution >= 4 is 0 Å². The van der Waals surface area contributed by atoms with Crippen LogP contribution in [0.2, 0.25) is 0 Å². The molecule has 5 heterocycles. The van der Waals surface area contributed by atoms with Gasteiger partial charge in [-0.05, 0) is 64.7 Å². The second-order valence-electron chi connectivity index (χ2n) is 27.0. The minimum absolute atomic E-state index is 0. The van der Waals surface area contributed by atoms with E-state index < -0.39 is 0 Å². The molecule has 0 bridgehead atoms. The van der Waals surface area contributed by atoms with Crippen LogP contribution < -0.4 is 0 Å². The molecular weight excluding hydrogens is 2520 g/mol. The Morgan fingerprint density at radius 1 is 0.225 bits per heavy atom. The molecule has 0 N–H and O–H groups in total. The van der Waals surface area contributed by atoms with E-state index >= 15 is 0 Å². The average molecular weight is 2600 g/mol. The Hall–Kier alpha value is -9.89. The maximum atomic E-state index is 4.22. The van der Waals surface area contributed by atoms with Crippen LogP contribution in [0.5, 0.6) is 0 Å². The van der Waals surface area contributed by atoms with Gasteiger partial charge in [-0.2, -0.15) is 115 Å². The molecule has 1 aliphatic carbocycles. The van der Waals surface area contributed by atoms with Crippen LogP contribution in [-0.2, 0) is 189 Å². The van der Waals surface area contributed by atoms with Gasteiger partial charge in [-0.25, -0.2) is 100 Å². The fourth-order valence-electron chi connectivity index (χ4n) is 12.7. The van der Waals surface area contributed by atoms with E-state index in [0.29, 0.717) is 0 Å². The molecule has 0 aliphatic heterocycles. The summed E-state index contributed by atoms with van der Waals surface area (Å²) in [6, 6.07) is 185. The van der Waals surface area contributed by atoms with E-state index in [2.05, 4.69) is 183 Å². The van der Waals surface area contributed by atoms with Crippen molar-refractivity contribution in [3.05, 3.63) is 551 Å². The Balaban J connectivity index is 0.000000202. The number of hydrogen-bond acceptors (Lipinski definition) is 5. The van der Waals surface area contributed by atoms with Gasteiger partial charge in [0.25, 0.3) is 0 Å². The maximum Gasteiger partial charge on any atom is 0.0160 e. The molecule has 0 unspecified atom stereocenters. The molecular formula is C117H75N5Pt4Y3-18. The van der Waals surface area contributed by atoms with E-state index in [4.69, 9.17) is 0 Å². The summed E-state index contributed by atoms with van der Waals surface area (Å²) in [6.45, 7) is 1.95. The molecule has 635 valence electrons. The molecule has 129 heavy (non-hydrogen) atoms. The van der Waals surface area contributed by atoms with Crippen molar-refractivity contribution in [2.75, 3.05) is 0 Å². The van der Waals surface area contributed by atoms with Gasteiger partial charge in [0, 0.05) is 207 Å². The van der Waals surface area contributed by atoms with Crippen molar-refractivity contribution in [1.82, 2.24) is 24.9 Å². The van der Waals surface area contributed by atoms with E-state index in [1.807, 2.05) is 359 Å². The number of aryl methyl sites for hydroxylation is 1. The summed E-state index contributed by atoms with van der Waals surface area (Å²) in [6.07, 6.45) is 11.2. The molecule has 5 nitrogen and oxygen atoms in total. The van der Waals surface area contributed by atoms with Crippen LogP contribution in [0.25, 0.3) is 134 Å². The van der Waals surface area contributed by atoms with Crippen LogP contribution in [0.1, 0.15) is 16.8 Å². The molecule has 0 fully saturated rings. The van der Waals surface area contributed by atoms with E-state index in [0.717, 1.165) is 135 Å². The smallest absolute Gasteiger partial charge is 0.0160 e. The van der Waals surface area contributed by atoms with Gasteiger partial charge < -0.3 is 71.4 Å². The van der Waals surface area contributed by atoms with Gasteiger partial charge in [-0.15, -0.1) is 228 Å². The fraction of sp³-hybridized carbons (Fsp3) is 0.0171. The Labute approximate surface area is 894 Å². The molecule has 0 atom stereocenters. The predicted molar refractivity (Wildman–Crippen MR) is 492 cm³/mol. The quantitative estimate of drug-likeness (QED) is 0.121. The molecule has 0 saturated carbocycles. The number of rotatable bonds is 11. The first-order valence-corrected chi connectivity index (χ1v) is 39.6. The van der Waals surface area contributed by atoms with Gasteiger partial charge in [0.1, 0.15) is 0 Å². The van der Waals surface area contributed by atoms with Crippen molar-refractivity contribution in [3.8, 4) is 134 Å². The van der Waals surface area contributed by atoms with E-state index in [1.165, 1.54) is 22.3 Å². The minimum Gasteiger partial charge on any atom is -0.373 e. The first-order chi connectivity index (χ1) is 60.5. The van der Waals surface area contributed by atoms with Crippen LogP contribution in [0.4, 0.5) is 0 Å². The zero-order valence-electron chi connectivity index (χ0n) is 69.9. The van der Waals surface area contributed by atoms with Crippen molar-refractivity contribution in [3.63, 3.8) is 0 Å². The summed E-state index contributed by atoms with van der Waals surface area (Å²) in [5.74, 6) is 0. The number of pyridine rings is 5. The van der Waals surface area contributed by atoms with Gasteiger partial charge in [0.05, 0.1) is 0 Å². The average Bonchev–Trinajstić information content (AvgIpc) is 1.65. The molecule has 3 radical (unpaired) electrons. The standard InChI is InChI=1S/C19H12.C18H11N.2C18H10.4C11H8N.4Pt.3Y/c1-2-6-14(7-3-1)15-10-11-19-17(12-15)13-16-8-4-5-9-18(16)19;1-14-10-11-18(13-19-14)17-9-5-8-16(12-17)15-6-3-2-4-7-15;1-3-9-15(10-4-1)17-13-7-8-14-18(17)16-11-5-2-6-12-16;1-3-8-15(9-4-1)17-12-7-13-18(14-17)16-10-5-2-6-11-16;4*1-2-6-10(7-3-1)11-8-4-5-9-12-11;;;;;;;/h1-6,8-9,11-12H,13H2;2-6,9-11H,1H3;1-9,11H;1-8,10,14H;4*1-6,8-9H;;;;;;;/q-2;3*-4;4*-1;;;;;;;. The summed E-state index contributed by atoms with van der Waals surface area (Å²) in [4.78, 5) is 21.1. The predicted octanol–water partition coefficient (Wildman–Crippen LogP) is 27.1. The third kappa shape index (κ3) is 33.2. The van der Waals surface area contributed by atoms with Crippen LogP contribution in [0.15, 0.2) is 425 Å². The summed E-state index contributed by atoms with van der Waals surface area (Å²) in [5, 5.41) is 0. The molecule has 5 aromatic heterocycles. The van der Waals surface area contributed by atoms with Crippen molar-refractivity contribution in [2.24, 2.45) is 0 Å². The second-order valence-corrected chi connectivity index (χ2v) is 27.0. The normalized spacial score (nSPS) is 9.74. The van der Waals surface area contributed by atoms with Crippen LogP contribution in [0, 0.1) is 116 Å². The summed E-state index contributed by atoms with van der Waals surface area (Å²) >= 11 is 0. The van der Waals surface area contributed by atoms with E-state index in [9.17, 15) is 0 Å². The zero-order valence-corrected chi connectivity index (χ0v) is 87.5. The number of fused-ring (bicyclic) bond motifs is 3. The number of aromatic nitrogens is 5. The Kier molecular flexibility index (Phi) is 48.9. The number of nitrogens with zero attached hydrogens (tertiary/aromatic N) is 5. The Bertz CT molecular complexity index is 5850. The topological polar surface area (TPSA) is 64.5 Å². The molecule has 15 aromatic carbocycles. The third-order valence-corrected chi connectivity index (χ3v) is 18.7. The van der Waals surface area contributed by atoms with Gasteiger partial charge in [0.2, 0.25) is 0 Å². The van der Waals surface area contributed by atoms with Gasteiger partial charge >= 0.3 is 0 Å². The third-order valence-electron chi connectivity index (χ3n) is 18.7. The van der Waals surface area contributed by atoms with Crippen molar-refractivity contribution in [1.29, 1.82) is 0 Å². The molecule has 0 amide bonds. The van der Waals surface area contributed by atoms with Gasteiger partial charge in [0.15, 0.2) is 0 Å². The van der Waals surface area contributed by atoms with Crippen molar-refractivity contribution in [2.45, 2.75) is 13.3 Å². The number of benzene rings is 15. The largest absolute Gasteiger partial charge is 0.373 e. The van der Waals surface area contributed by atoms with Crippen LogP contribution >= 0.6 is 0 Å². The molecule has 1 aliphatic rings. The summed E-state index contributed by atoms with van der Waals surface area (Å²) < 4.78 is 0. The van der Waals surface area contributed by atoms with Gasteiger partial charge in [-0.1, -0.05) is 90.8 Å². The van der Waals surface area contributed by atoms with Gasteiger partial charge in [-0.3, -0.25) is 28.8 Å². The zero-order chi connectivity index (χ0) is 83.1. The molecule has 0 spiro atoms. The molecule has 21 rings (SSSR count). The first-order valence-electron chi connectivity index (χ1n) is 39.6. The molecule has 12 heteroatoms. The molecule has 20 aromatic rings. The monoisotopic (exact) mass is 2600 g/mol. The van der Waals surface area contributed by atoms with Crippen LogP contribution in [0.3, 0.4) is 0 Å². The minimum atomic E-state index is 0. The maximum absolute atomic E-state index is 4.22. The van der Waals surface area contributed by atoms with Crippen molar-refractivity contribution < 1.29 is 182 Å². The van der Waals surface area contributed by atoms with E-state index in [1.54, 1.807) is 24.8 Å². The SMILES string of the molecule is Cc1ccc(-c2[c-]c(-c3[c-]cccc3)[c-]cc2)[c-]n1.[Pt].[Pt].[Pt].[Pt].[Y].[Y].[Y].[c-]1ccccc1-c1[c-]c[c-]c(-c2[c-]cccc2)c1.[c-]1ccccc1-c1[c-]cc2c(c1)Cc1ccccc1-2.[c-]1ccccc1-c1[c-]cc[c-]c1-c1[c-]cccc1.[c-]1ccccc1-c1ccccn1.[c-]1ccccc1-c1ccccn1.[c-]1ccccc1-c1ccccn1.[c-]1ccccc1-c1ccccn1. The van der Waals surface area contributed by atoms with E-state index in [-0.39, 0.29) is 182 Å². The fourth-order valence-corrected chi connectivity index (χ4v) is 12.7. The summed E-state index contributed by atoms with van der Waals surface area (Å²) in [7, 11) is 0. The number of hydrogen-bond donors (Lipinski definition) is 0. The summed E-state index contributed by atoms with van der Waals surface area (Å²) in [5.41, 5.74) is 28.8. The van der Waals surface area contributed by atoms with Crippen LogP contribution in [-0.4, -0.2) is 24.9 Å². The molecule has 0 saturated heterocycles. The Morgan fingerprint density at radius 2 is 0.558 bits per heavy atom. The second kappa shape index (κ2) is 59.4. The Morgan fingerprint density at radius 3 is 0.899 bits per heavy atom. The first kappa shape index (κ1) is 106.